The van der Waals surface area contributed by atoms with Crippen molar-refractivity contribution in [3.63, 3.8) is 0 Å². The molecular formula is C6H9BrN2OS. The minimum atomic E-state index is -0.147. The first-order chi connectivity index (χ1) is 5.20. The molecule has 0 aliphatic carbocycles. The predicted molar refractivity (Wildman–Crippen MR) is 51.3 cm³/mol. The number of amidine groups is 1. The molecule has 1 aliphatic rings. The largest absolute Gasteiger partial charge is 0.304 e. The van der Waals surface area contributed by atoms with Crippen molar-refractivity contribution in [3.8, 4) is 0 Å². The number of thioether (sulfide) groups is 1. The van der Waals surface area contributed by atoms with Gasteiger partial charge in [0.05, 0.1) is 11.4 Å². The van der Waals surface area contributed by atoms with Crippen molar-refractivity contribution in [1.29, 1.82) is 0 Å². The van der Waals surface area contributed by atoms with E-state index in [1.54, 1.807) is 18.7 Å². The molecule has 3 nitrogen and oxygen atoms in total. The van der Waals surface area contributed by atoms with Crippen molar-refractivity contribution >= 4 is 38.8 Å². The van der Waals surface area contributed by atoms with Crippen molar-refractivity contribution in [2.24, 2.45) is 4.99 Å². The van der Waals surface area contributed by atoms with Gasteiger partial charge in [0.15, 0.2) is 5.17 Å². The van der Waals surface area contributed by atoms with Crippen LogP contribution in [-0.2, 0) is 4.79 Å². The van der Waals surface area contributed by atoms with Crippen molar-refractivity contribution < 1.29 is 4.79 Å². The topological polar surface area (TPSA) is 41.5 Å². The number of hydrogen-bond donors (Lipinski definition) is 1. The van der Waals surface area contributed by atoms with Gasteiger partial charge in [-0.15, -0.1) is 0 Å². The molecule has 11 heavy (non-hydrogen) atoms. The quantitative estimate of drug-likeness (QED) is 0.691. The maximum Gasteiger partial charge on any atom is 0.239 e. The molecule has 0 bridgehead atoms. The number of amides is 1. The highest BCUT2D eigenvalue weighted by Crippen LogP contribution is 2.09. The average molecular weight is 237 g/mol. The van der Waals surface area contributed by atoms with E-state index in [-0.39, 0.29) is 10.7 Å². The number of carbonyl (C=O) groups is 1. The molecule has 0 radical (unpaired) electrons. The SMILES string of the molecule is C[C@H](Br)C(=O)NC1=NCCS1. The Morgan fingerprint density at radius 1 is 1.91 bits per heavy atom. The monoisotopic (exact) mass is 236 g/mol. The van der Waals surface area contributed by atoms with Gasteiger partial charge in [0, 0.05) is 5.75 Å². The van der Waals surface area contributed by atoms with Crippen LogP contribution in [0.25, 0.3) is 0 Å². The number of rotatable bonds is 1. The molecule has 1 amide bonds. The molecule has 0 saturated carbocycles. The second-order valence-electron chi connectivity index (χ2n) is 2.14. The summed E-state index contributed by atoms with van der Waals surface area (Å²) in [5.74, 6) is 0.949. The van der Waals surface area contributed by atoms with Gasteiger partial charge in [-0.3, -0.25) is 9.79 Å². The van der Waals surface area contributed by atoms with Gasteiger partial charge in [0.25, 0.3) is 0 Å². The third kappa shape index (κ3) is 2.83. The molecule has 62 valence electrons. The van der Waals surface area contributed by atoms with E-state index in [1.165, 1.54) is 0 Å². The van der Waals surface area contributed by atoms with Crippen molar-refractivity contribution in [2.75, 3.05) is 12.3 Å². The van der Waals surface area contributed by atoms with Crippen molar-refractivity contribution in [3.05, 3.63) is 0 Å². The first-order valence-corrected chi connectivity index (χ1v) is 5.22. The lowest BCUT2D eigenvalue weighted by atomic mass is 10.5. The van der Waals surface area contributed by atoms with E-state index in [4.69, 9.17) is 0 Å². The average Bonchev–Trinajstić information content (AvgIpc) is 2.39. The smallest absolute Gasteiger partial charge is 0.239 e. The summed E-state index contributed by atoms with van der Waals surface area (Å²) in [5.41, 5.74) is 0. The number of carbonyl (C=O) groups excluding carboxylic acids is 1. The first kappa shape index (κ1) is 9.06. The summed E-state index contributed by atoms with van der Waals surface area (Å²) in [6.45, 7) is 2.60. The third-order valence-corrected chi connectivity index (χ3v) is 2.48. The fourth-order valence-electron chi connectivity index (χ4n) is 0.616. The number of halogens is 1. The zero-order valence-corrected chi connectivity index (χ0v) is 8.54. The molecule has 0 spiro atoms. The molecule has 0 aromatic rings. The van der Waals surface area contributed by atoms with E-state index in [9.17, 15) is 4.79 Å². The van der Waals surface area contributed by atoms with Crippen LogP contribution in [0, 0.1) is 0 Å². The normalized spacial score (nSPS) is 19.3. The van der Waals surface area contributed by atoms with Crippen LogP contribution in [0.3, 0.4) is 0 Å². The molecule has 0 aromatic heterocycles. The van der Waals surface area contributed by atoms with E-state index in [2.05, 4.69) is 26.2 Å². The lowest BCUT2D eigenvalue weighted by Gasteiger charge is -2.03. The molecule has 0 saturated heterocycles. The lowest BCUT2D eigenvalue weighted by molar-refractivity contribution is -0.118. The maximum atomic E-state index is 11.0. The molecule has 1 rings (SSSR count). The van der Waals surface area contributed by atoms with Gasteiger partial charge < -0.3 is 5.32 Å². The molecule has 1 N–H and O–H groups in total. The zero-order chi connectivity index (χ0) is 8.27. The number of nitrogens with zero attached hydrogens (tertiary/aromatic N) is 1. The Morgan fingerprint density at radius 2 is 2.64 bits per heavy atom. The number of alkyl halides is 1. The summed E-state index contributed by atoms with van der Waals surface area (Å²) < 4.78 is 0. The standard InChI is InChI=1S/C6H9BrN2OS/c1-4(7)5(10)9-6-8-2-3-11-6/h4H,2-3H2,1H3,(H,8,9,10)/t4-/m0/s1. The van der Waals surface area contributed by atoms with Crippen molar-refractivity contribution in [2.45, 2.75) is 11.8 Å². The summed E-state index contributed by atoms with van der Waals surface area (Å²) in [5, 5.41) is 3.46. The zero-order valence-electron chi connectivity index (χ0n) is 6.13. The number of hydrogen-bond acceptors (Lipinski definition) is 3. The van der Waals surface area contributed by atoms with Crippen LogP contribution in [-0.4, -0.2) is 28.2 Å². The van der Waals surface area contributed by atoms with E-state index >= 15 is 0 Å². The number of nitrogens with one attached hydrogen (secondary N) is 1. The Labute approximate surface area is 78.2 Å². The van der Waals surface area contributed by atoms with Crippen LogP contribution in [0.15, 0.2) is 4.99 Å². The second-order valence-corrected chi connectivity index (χ2v) is 4.60. The van der Waals surface area contributed by atoms with Gasteiger partial charge in [0.1, 0.15) is 0 Å². The van der Waals surface area contributed by atoms with Crippen LogP contribution < -0.4 is 5.32 Å². The van der Waals surface area contributed by atoms with Gasteiger partial charge in [-0.2, -0.15) is 0 Å². The third-order valence-electron chi connectivity index (χ3n) is 1.18. The molecule has 1 heterocycles. The summed E-state index contributed by atoms with van der Waals surface area (Å²) in [7, 11) is 0. The summed E-state index contributed by atoms with van der Waals surface area (Å²) in [4.78, 5) is 15.0. The Hall–Kier alpha value is -0.0300. The Balaban J connectivity index is 2.35. The Kier molecular flexibility index (Phi) is 3.39. The van der Waals surface area contributed by atoms with Gasteiger partial charge in [-0.25, -0.2) is 0 Å². The molecule has 1 aliphatic heterocycles. The molecule has 0 unspecified atom stereocenters. The van der Waals surface area contributed by atoms with Crippen LogP contribution in [0.2, 0.25) is 0 Å². The van der Waals surface area contributed by atoms with Gasteiger partial charge >= 0.3 is 0 Å². The van der Waals surface area contributed by atoms with Gasteiger partial charge in [-0.05, 0) is 6.92 Å². The van der Waals surface area contributed by atoms with E-state index < -0.39 is 0 Å². The second kappa shape index (κ2) is 4.11. The minimum Gasteiger partial charge on any atom is -0.304 e. The van der Waals surface area contributed by atoms with Gasteiger partial charge in [0.2, 0.25) is 5.91 Å². The van der Waals surface area contributed by atoms with Crippen LogP contribution in [0.4, 0.5) is 0 Å². The van der Waals surface area contributed by atoms with Gasteiger partial charge in [-0.1, -0.05) is 27.7 Å². The van der Waals surface area contributed by atoms with Crippen LogP contribution >= 0.6 is 27.7 Å². The highest BCUT2D eigenvalue weighted by molar-refractivity contribution is 9.10. The lowest BCUT2D eigenvalue weighted by Crippen LogP contribution is -2.32. The molecule has 5 heteroatoms. The maximum absolute atomic E-state index is 11.0. The first-order valence-electron chi connectivity index (χ1n) is 3.32. The number of aliphatic imine (C=N–C) groups is 1. The van der Waals surface area contributed by atoms with E-state index in [0.29, 0.717) is 0 Å². The highest BCUT2D eigenvalue weighted by Gasteiger charge is 2.13. The van der Waals surface area contributed by atoms with Crippen LogP contribution in [0.5, 0.6) is 0 Å². The Bertz CT molecular complexity index is 193. The summed E-state index contributed by atoms with van der Waals surface area (Å²) in [6, 6.07) is 0. The Morgan fingerprint density at radius 3 is 3.09 bits per heavy atom. The fraction of sp³-hybridized carbons (Fsp3) is 0.667. The summed E-state index contributed by atoms with van der Waals surface area (Å²) >= 11 is 4.76. The molecule has 1 atom stereocenters. The molecular weight excluding hydrogens is 228 g/mol. The van der Waals surface area contributed by atoms with Crippen molar-refractivity contribution in [1.82, 2.24) is 5.32 Å². The fourth-order valence-corrected chi connectivity index (χ4v) is 1.46. The van der Waals surface area contributed by atoms with E-state index in [1.807, 2.05) is 0 Å². The van der Waals surface area contributed by atoms with Crippen LogP contribution in [0.1, 0.15) is 6.92 Å². The van der Waals surface area contributed by atoms with E-state index in [0.717, 1.165) is 17.5 Å². The molecule has 0 aromatic carbocycles. The predicted octanol–water partition coefficient (Wildman–Crippen LogP) is 0.989. The highest BCUT2D eigenvalue weighted by atomic mass is 79.9. The summed E-state index contributed by atoms with van der Waals surface area (Å²) in [6.07, 6.45) is 0. The minimum absolute atomic E-state index is 0.0295. The molecule has 0 fully saturated rings.